The average Bonchev–Trinajstić information content (AvgIpc) is 2.68. The lowest BCUT2D eigenvalue weighted by Crippen LogP contribution is -2.52. The molecular formula is C19H28N4O5. The van der Waals surface area contributed by atoms with Gasteiger partial charge in [0.1, 0.15) is 0 Å². The molecule has 0 aliphatic carbocycles. The third-order valence-corrected chi connectivity index (χ3v) is 5.94. The Morgan fingerprint density at radius 2 is 1.96 bits per heavy atom. The first-order valence-electron chi connectivity index (χ1n) is 9.78. The van der Waals surface area contributed by atoms with Gasteiger partial charge in [-0.3, -0.25) is 19.4 Å². The summed E-state index contributed by atoms with van der Waals surface area (Å²) in [5.74, 6) is 0.0914. The fourth-order valence-electron chi connectivity index (χ4n) is 4.19. The second-order valence-corrected chi connectivity index (χ2v) is 7.82. The number of amides is 2. The molecule has 2 aliphatic heterocycles. The van der Waals surface area contributed by atoms with Crippen LogP contribution in [-0.2, 0) is 20.7 Å². The summed E-state index contributed by atoms with van der Waals surface area (Å²) in [7, 11) is 1.66. The van der Waals surface area contributed by atoms with Gasteiger partial charge < -0.3 is 19.5 Å². The number of aromatic nitrogens is 2. The summed E-state index contributed by atoms with van der Waals surface area (Å²) in [5.41, 5.74) is -0.767. The van der Waals surface area contributed by atoms with Crippen molar-refractivity contribution >= 4 is 11.8 Å². The van der Waals surface area contributed by atoms with Gasteiger partial charge >= 0.3 is 5.69 Å². The van der Waals surface area contributed by atoms with E-state index in [1.807, 2.05) is 4.90 Å². The molecule has 1 aromatic rings. The predicted octanol–water partition coefficient (Wildman–Crippen LogP) is -0.127. The van der Waals surface area contributed by atoms with Crippen molar-refractivity contribution in [2.24, 2.45) is 5.41 Å². The van der Waals surface area contributed by atoms with Crippen molar-refractivity contribution in [2.45, 2.75) is 38.5 Å². The van der Waals surface area contributed by atoms with Crippen LogP contribution >= 0.6 is 0 Å². The average molecular weight is 392 g/mol. The quantitative estimate of drug-likeness (QED) is 0.655. The topological polar surface area (TPSA) is 116 Å². The van der Waals surface area contributed by atoms with E-state index in [9.17, 15) is 19.2 Å². The fourth-order valence-corrected chi connectivity index (χ4v) is 4.19. The van der Waals surface area contributed by atoms with Crippen LogP contribution in [0.4, 0.5) is 0 Å². The van der Waals surface area contributed by atoms with E-state index in [1.54, 1.807) is 12.0 Å². The second-order valence-electron chi connectivity index (χ2n) is 7.82. The number of hydrogen-bond acceptors (Lipinski definition) is 5. The number of methoxy groups -OCH3 is 1. The Kier molecular flexibility index (Phi) is 6.33. The number of likely N-dealkylation sites (tertiary alicyclic amines) is 2. The Morgan fingerprint density at radius 3 is 2.64 bits per heavy atom. The number of piperidine rings is 2. The Morgan fingerprint density at radius 1 is 1.21 bits per heavy atom. The molecule has 2 aliphatic rings. The molecule has 0 unspecified atom stereocenters. The summed E-state index contributed by atoms with van der Waals surface area (Å²) in [5, 5.41) is 0. The van der Waals surface area contributed by atoms with Crippen LogP contribution < -0.4 is 11.2 Å². The summed E-state index contributed by atoms with van der Waals surface area (Å²) in [4.78, 5) is 55.9. The van der Waals surface area contributed by atoms with Crippen LogP contribution in [0.25, 0.3) is 0 Å². The molecule has 2 saturated heterocycles. The molecule has 0 saturated carbocycles. The summed E-state index contributed by atoms with van der Waals surface area (Å²) in [6.07, 6.45) is 5.25. The van der Waals surface area contributed by atoms with Crippen LogP contribution in [0, 0.1) is 5.41 Å². The summed E-state index contributed by atoms with van der Waals surface area (Å²) >= 11 is 0. The smallest absolute Gasteiger partial charge is 0.325 e. The Labute approximate surface area is 163 Å². The zero-order chi connectivity index (χ0) is 20.1. The third-order valence-electron chi connectivity index (χ3n) is 5.94. The van der Waals surface area contributed by atoms with Crippen molar-refractivity contribution < 1.29 is 14.3 Å². The van der Waals surface area contributed by atoms with Gasteiger partial charge in [0.15, 0.2) is 0 Å². The molecule has 154 valence electrons. The van der Waals surface area contributed by atoms with E-state index in [2.05, 4.69) is 9.97 Å². The molecule has 2 N–H and O–H groups in total. The lowest BCUT2D eigenvalue weighted by Gasteiger charge is -2.47. The van der Waals surface area contributed by atoms with Gasteiger partial charge in [-0.15, -0.1) is 0 Å². The lowest BCUT2D eigenvalue weighted by molar-refractivity contribution is -0.142. The van der Waals surface area contributed by atoms with Crippen LogP contribution in [0.1, 0.15) is 37.7 Å². The molecule has 0 bridgehead atoms. The first-order chi connectivity index (χ1) is 13.4. The van der Waals surface area contributed by atoms with Gasteiger partial charge in [0.05, 0.1) is 6.42 Å². The molecule has 1 spiro atoms. The number of nitrogens with zero attached hydrogens (tertiary/aromatic N) is 2. The summed E-state index contributed by atoms with van der Waals surface area (Å²) in [6.45, 7) is 3.35. The molecule has 9 nitrogen and oxygen atoms in total. The van der Waals surface area contributed by atoms with Crippen molar-refractivity contribution in [1.29, 1.82) is 0 Å². The molecule has 0 aromatic carbocycles. The van der Waals surface area contributed by atoms with Crippen LogP contribution in [-0.4, -0.2) is 71.5 Å². The number of carbonyl (C=O) groups is 2. The van der Waals surface area contributed by atoms with E-state index < -0.39 is 11.2 Å². The van der Waals surface area contributed by atoms with Gasteiger partial charge in [-0.1, -0.05) is 0 Å². The molecule has 28 heavy (non-hydrogen) atoms. The standard InChI is InChI=1S/C19H28N4O5/c1-28-10-2-7-23-13-19(4-3-15(23)24)5-8-22(9-6-19)16(25)11-14-12-20-18(27)21-17(14)26/h12H,2-11,13H2,1H3,(H2,20,21,26,27). The largest absolute Gasteiger partial charge is 0.385 e. The maximum absolute atomic E-state index is 12.6. The summed E-state index contributed by atoms with van der Waals surface area (Å²) in [6, 6.07) is 0. The van der Waals surface area contributed by atoms with E-state index in [-0.39, 0.29) is 29.2 Å². The van der Waals surface area contributed by atoms with Crippen molar-refractivity contribution in [3.05, 3.63) is 32.6 Å². The summed E-state index contributed by atoms with van der Waals surface area (Å²) < 4.78 is 5.08. The first-order valence-corrected chi connectivity index (χ1v) is 9.78. The van der Waals surface area contributed by atoms with Crippen LogP contribution in [0.5, 0.6) is 0 Å². The van der Waals surface area contributed by atoms with E-state index in [1.165, 1.54) is 6.20 Å². The Balaban J connectivity index is 1.55. The van der Waals surface area contributed by atoms with Gasteiger partial charge in [0, 0.05) is 58.1 Å². The Bertz CT molecular complexity index is 822. The van der Waals surface area contributed by atoms with Gasteiger partial charge in [0.2, 0.25) is 11.8 Å². The molecule has 2 amide bonds. The van der Waals surface area contributed by atoms with Gasteiger partial charge in [-0.2, -0.15) is 0 Å². The zero-order valence-electron chi connectivity index (χ0n) is 16.3. The fraction of sp³-hybridized carbons (Fsp3) is 0.684. The van der Waals surface area contributed by atoms with E-state index >= 15 is 0 Å². The van der Waals surface area contributed by atoms with Gasteiger partial charge in [-0.25, -0.2) is 4.79 Å². The lowest BCUT2D eigenvalue weighted by atomic mass is 9.72. The minimum absolute atomic E-state index is 0.0270. The SMILES string of the molecule is COCCCN1CC2(CCC1=O)CCN(C(=O)Cc1c[nH]c(=O)[nH]c1=O)CC2. The number of hydrogen-bond donors (Lipinski definition) is 2. The molecule has 3 rings (SSSR count). The maximum atomic E-state index is 12.6. The number of H-pyrrole nitrogens is 2. The second kappa shape index (κ2) is 8.72. The van der Waals surface area contributed by atoms with Crippen LogP contribution in [0.15, 0.2) is 15.8 Å². The molecule has 3 heterocycles. The number of nitrogens with one attached hydrogen (secondary N) is 2. The minimum atomic E-state index is -0.581. The maximum Gasteiger partial charge on any atom is 0.325 e. The molecule has 1 aromatic heterocycles. The van der Waals surface area contributed by atoms with Gasteiger partial charge in [-0.05, 0) is 31.1 Å². The van der Waals surface area contributed by atoms with Crippen molar-refractivity contribution in [3.8, 4) is 0 Å². The Hall–Kier alpha value is -2.42. The predicted molar refractivity (Wildman–Crippen MR) is 102 cm³/mol. The van der Waals surface area contributed by atoms with Crippen LogP contribution in [0.3, 0.4) is 0 Å². The number of ether oxygens (including phenoxy) is 1. The monoisotopic (exact) mass is 392 g/mol. The van der Waals surface area contributed by atoms with Gasteiger partial charge in [0.25, 0.3) is 5.56 Å². The highest BCUT2D eigenvalue weighted by Gasteiger charge is 2.41. The normalized spacial score (nSPS) is 19.2. The minimum Gasteiger partial charge on any atom is -0.385 e. The molecule has 0 atom stereocenters. The van der Waals surface area contributed by atoms with Crippen molar-refractivity contribution in [2.75, 3.05) is 39.9 Å². The molecule has 2 fully saturated rings. The molecule has 0 radical (unpaired) electrons. The highest BCUT2D eigenvalue weighted by atomic mass is 16.5. The number of carbonyl (C=O) groups excluding carboxylic acids is 2. The number of aromatic amines is 2. The van der Waals surface area contributed by atoms with Crippen LogP contribution in [0.2, 0.25) is 0 Å². The zero-order valence-corrected chi connectivity index (χ0v) is 16.3. The third kappa shape index (κ3) is 4.70. The highest BCUT2D eigenvalue weighted by Crippen LogP contribution is 2.40. The van der Waals surface area contributed by atoms with Crippen molar-refractivity contribution in [1.82, 2.24) is 19.8 Å². The van der Waals surface area contributed by atoms with E-state index in [0.29, 0.717) is 32.7 Å². The van der Waals surface area contributed by atoms with E-state index in [0.717, 1.165) is 32.2 Å². The van der Waals surface area contributed by atoms with Crippen molar-refractivity contribution in [3.63, 3.8) is 0 Å². The van der Waals surface area contributed by atoms with E-state index in [4.69, 9.17) is 4.74 Å². The molecule has 9 heteroatoms. The number of rotatable bonds is 6. The first kappa shape index (κ1) is 20.3. The molecular weight excluding hydrogens is 364 g/mol. The highest BCUT2D eigenvalue weighted by molar-refractivity contribution is 5.79.